The molecule has 29 heavy (non-hydrogen) atoms. The van der Waals surface area contributed by atoms with Crippen molar-refractivity contribution in [2.24, 2.45) is 0 Å². The Kier molecular flexibility index (Phi) is 5.26. The second-order valence-electron chi connectivity index (χ2n) is 5.66. The van der Waals surface area contributed by atoms with E-state index in [1.807, 2.05) is 0 Å². The number of halogens is 4. The summed E-state index contributed by atoms with van der Waals surface area (Å²) in [5, 5.41) is 10.6. The number of carboxylic acids is 1. The average molecular weight is 409 g/mol. The van der Waals surface area contributed by atoms with Gasteiger partial charge in [-0.2, -0.15) is 0 Å². The van der Waals surface area contributed by atoms with Crippen LogP contribution >= 0.6 is 0 Å². The first-order chi connectivity index (χ1) is 13.8. The molecular formula is C19H11F4NO5. The van der Waals surface area contributed by atoms with Crippen molar-refractivity contribution < 1.29 is 41.4 Å². The van der Waals surface area contributed by atoms with Gasteiger partial charge in [0.1, 0.15) is 17.0 Å². The summed E-state index contributed by atoms with van der Waals surface area (Å²) in [5.41, 5.74) is -3.23. The maximum atomic E-state index is 14.5. The zero-order valence-corrected chi connectivity index (χ0v) is 14.6. The van der Waals surface area contributed by atoms with E-state index in [2.05, 4.69) is 4.42 Å². The number of carboxylic acid groups (broad SMARTS) is 1. The number of hydrogen-bond donors (Lipinski definition) is 2. The maximum absolute atomic E-state index is 14.5. The van der Waals surface area contributed by atoms with Crippen LogP contribution in [-0.4, -0.2) is 24.1 Å². The summed E-state index contributed by atoms with van der Waals surface area (Å²) in [5.74, 6) is -10.8. The zero-order chi connectivity index (χ0) is 21.3. The van der Waals surface area contributed by atoms with Gasteiger partial charge in [-0.1, -0.05) is 12.1 Å². The zero-order valence-electron chi connectivity index (χ0n) is 14.6. The fraction of sp³-hybridized carbons (Fsp3) is 0.0526. The van der Waals surface area contributed by atoms with Crippen molar-refractivity contribution in [3.8, 4) is 16.9 Å². The molecule has 0 aliphatic heterocycles. The van der Waals surface area contributed by atoms with Crippen molar-refractivity contribution >= 4 is 17.6 Å². The molecule has 0 bridgehead atoms. The molecule has 0 saturated heterocycles. The molecule has 0 aliphatic rings. The summed E-state index contributed by atoms with van der Waals surface area (Å²) in [4.78, 5) is 23.1. The highest BCUT2D eigenvalue weighted by Crippen LogP contribution is 2.36. The molecule has 150 valence electrons. The van der Waals surface area contributed by atoms with E-state index >= 15 is 0 Å². The van der Waals surface area contributed by atoms with Crippen LogP contribution in [0, 0.1) is 23.3 Å². The minimum Gasteiger partial charge on any atom is -0.497 e. The molecule has 1 aromatic heterocycles. The van der Waals surface area contributed by atoms with Crippen molar-refractivity contribution in [2.45, 2.75) is 0 Å². The van der Waals surface area contributed by atoms with Crippen LogP contribution in [0.15, 0.2) is 41.0 Å². The van der Waals surface area contributed by atoms with Crippen molar-refractivity contribution in [1.29, 1.82) is 0 Å². The fourth-order valence-corrected chi connectivity index (χ4v) is 2.60. The van der Waals surface area contributed by atoms with Gasteiger partial charge in [-0.25, -0.2) is 22.4 Å². The van der Waals surface area contributed by atoms with Crippen LogP contribution in [0.1, 0.15) is 20.9 Å². The Bertz CT molecular complexity index is 1100. The van der Waals surface area contributed by atoms with Crippen LogP contribution in [-0.2, 0) is 0 Å². The molecule has 0 saturated carbocycles. The van der Waals surface area contributed by atoms with Crippen molar-refractivity contribution in [3.05, 3.63) is 71.2 Å². The number of furan rings is 1. The summed E-state index contributed by atoms with van der Waals surface area (Å²) < 4.78 is 67.6. The van der Waals surface area contributed by atoms with Crippen LogP contribution in [0.5, 0.6) is 5.75 Å². The third-order valence-electron chi connectivity index (χ3n) is 3.96. The first kappa shape index (κ1) is 19.9. The SMILES string of the molecule is COc1cccc(-c2c(F)c(F)c(NC(=O)c3occc3C(=O)O)c(F)c2F)c1. The van der Waals surface area contributed by atoms with Gasteiger partial charge in [-0.3, -0.25) is 4.79 Å². The van der Waals surface area contributed by atoms with Gasteiger partial charge in [0.2, 0.25) is 5.76 Å². The van der Waals surface area contributed by atoms with Crippen LogP contribution in [0.4, 0.5) is 23.2 Å². The van der Waals surface area contributed by atoms with Gasteiger partial charge >= 0.3 is 5.97 Å². The summed E-state index contributed by atoms with van der Waals surface area (Å²) in [6.45, 7) is 0. The highest BCUT2D eigenvalue weighted by molar-refractivity contribution is 6.09. The molecule has 0 spiro atoms. The molecule has 0 atom stereocenters. The second kappa shape index (κ2) is 7.66. The van der Waals surface area contributed by atoms with E-state index in [1.54, 1.807) is 5.32 Å². The summed E-state index contributed by atoms with van der Waals surface area (Å²) >= 11 is 0. The lowest BCUT2D eigenvalue weighted by atomic mass is 10.0. The molecule has 0 fully saturated rings. The molecule has 6 nitrogen and oxygen atoms in total. The summed E-state index contributed by atoms with van der Waals surface area (Å²) in [7, 11) is 1.30. The number of nitrogens with one attached hydrogen (secondary N) is 1. The van der Waals surface area contributed by atoms with Gasteiger partial charge in [0.05, 0.1) is 18.9 Å². The molecule has 1 heterocycles. The smallest absolute Gasteiger partial charge is 0.339 e. The lowest BCUT2D eigenvalue weighted by molar-refractivity contribution is 0.0690. The lowest BCUT2D eigenvalue weighted by Crippen LogP contribution is -2.18. The lowest BCUT2D eigenvalue weighted by Gasteiger charge is -2.13. The molecule has 10 heteroatoms. The fourth-order valence-electron chi connectivity index (χ4n) is 2.60. The molecule has 2 N–H and O–H groups in total. The number of hydrogen-bond acceptors (Lipinski definition) is 4. The number of amides is 1. The van der Waals surface area contributed by atoms with Crippen molar-refractivity contribution in [3.63, 3.8) is 0 Å². The first-order valence-corrected chi connectivity index (χ1v) is 7.88. The number of carbonyl (C=O) groups is 2. The third-order valence-corrected chi connectivity index (χ3v) is 3.96. The van der Waals surface area contributed by atoms with E-state index in [1.165, 1.54) is 31.4 Å². The van der Waals surface area contributed by atoms with Crippen LogP contribution in [0.2, 0.25) is 0 Å². The van der Waals surface area contributed by atoms with Gasteiger partial charge in [0.15, 0.2) is 23.3 Å². The minimum atomic E-state index is -1.88. The van der Waals surface area contributed by atoms with E-state index < -0.39 is 57.7 Å². The topological polar surface area (TPSA) is 88.8 Å². The Labute approximate surface area is 160 Å². The molecule has 0 radical (unpaired) electrons. The van der Waals surface area contributed by atoms with E-state index in [4.69, 9.17) is 9.84 Å². The largest absolute Gasteiger partial charge is 0.497 e. The quantitative estimate of drug-likeness (QED) is 0.480. The Morgan fingerprint density at radius 1 is 1.03 bits per heavy atom. The van der Waals surface area contributed by atoms with Crippen LogP contribution in [0.25, 0.3) is 11.1 Å². The molecule has 2 aromatic carbocycles. The third kappa shape index (κ3) is 3.51. The minimum absolute atomic E-state index is 0.193. The van der Waals surface area contributed by atoms with E-state index in [9.17, 15) is 27.2 Å². The van der Waals surface area contributed by atoms with Gasteiger partial charge < -0.3 is 19.6 Å². The Morgan fingerprint density at radius 3 is 2.28 bits per heavy atom. The van der Waals surface area contributed by atoms with Crippen molar-refractivity contribution in [1.82, 2.24) is 0 Å². The number of rotatable bonds is 5. The Balaban J connectivity index is 2.07. The first-order valence-electron chi connectivity index (χ1n) is 7.88. The Morgan fingerprint density at radius 2 is 1.69 bits per heavy atom. The normalized spacial score (nSPS) is 10.7. The van der Waals surface area contributed by atoms with Gasteiger partial charge in [0, 0.05) is 0 Å². The van der Waals surface area contributed by atoms with E-state index in [0.29, 0.717) is 0 Å². The molecule has 3 aromatic rings. The number of anilines is 1. The summed E-state index contributed by atoms with van der Waals surface area (Å²) in [6.07, 6.45) is 0.859. The highest BCUT2D eigenvalue weighted by Gasteiger charge is 2.29. The number of benzene rings is 2. The molecule has 3 rings (SSSR count). The predicted molar refractivity (Wildman–Crippen MR) is 91.9 cm³/mol. The van der Waals surface area contributed by atoms with Crippen LogP contribution in [0.3, 0.4) is 0 Å². The molecule has 1 amide bonds. The number of ether oxygens (including phenoxy) is 1. The molecule has 0 unspecified atom stereocenters. The van der Waals surface area contributed by atoms with Crippen molar-refractivity contribution in [2.75, 3.05) is 12.4 Å². The highest BCUT2D eigenvalue weighted by atomic mass is 19.2. The number of methoxy groups -OCH3 is 1. The van der Waals surface area contributed by atoms with E-state index in [-0.39, 0.29) is 11.3 Å². The van der Waals surface area contributed by atoms with Gasteiger partial charge in [-0.15, -0.1) is 0 Å². The van der Waals surface area contributed by atoms with Crippen LogP contribution < -0.4 is 10.1 Å². The number of carbonyl (C=O) groups excluding carboxylic acids is 1. The molecule has 0 aliphatic carbocycles. The van der Waals surface area contributed by atoms with E-state index in [0.717, 1.165) is 12.3 Å². The van der Waals surface area contributed by atoms with Gasteiger partial charge in [0.25, 0.3) is 5.91 Å². The average Bonchev–Trinajstić information content (AvgIpc) is 3.20. The Hall–Kier alpha value is -3.82. The standard InChI is InChI=1S/C19H11F4NO5/c1-28-9-4-2-3-8(7-9)11-12(20)14(22)16(15(23)13(11)21)24-18(25)17-10(19(26)27)5-6-29-17/h2-7H,1H3,(H,24,25)(H,26,27). The monoisotopic (exact) mass is 409 g/mol. The van der Waals surface area contributed by atoms with Gasteiger partial charge in [-0.05, 0) is 23.8 Å². The second-order valence-corrected chi connectivity index (χ2v) is 5.66. The number of aromatic carboxylic acids is 1. The maximum Gasteiger partial charge on any atom is 0.339 e. The predicted octanol–water partition coefficient (Wildman–Crippen LogP) is 4.46. The molecular weight excluding hydrogens is 398 g/mol. The summed E-state index contributed by atoms with van der Waals surface area (Å²) in [6, 6.07) is 6.13.